The normalized spacial score (nSPS) is 11.4. The fourth-order valence-electron chi connectivity index (χ4n) is 3.77. The summed E-state index contributed by atoms with van der Waals surface area (Å²) in [6.45, 7) is 3.30. The van der Waals surface area contributed by atoms with Crippen LogP contribution < -0.4 is 10.1 Å². The fourth-order valence-corrected chi connectivity index (χ4v) is 5.07. The number of unbranched alkanes of at least 4 members (excludes halogenated alkanes) is 3. The molecule has 0 aliphatic heterocycles. The summed E-state index contributed by atoms with van der Waals surface area (Å²) in [5, 5.41) is 14.3. The van der Waals surface area contributed by atoms with Crippen LogP contribution in [0.5, 0.6) is 5.75 Å². The zero-order valence-electron chi connectivity index (χ0n) is 21.9. The van der Waals surface area contributed by atoms with Crippen LogP contribution in [0.15, 0.2) is 41.5 Å². The number of anilines is 1. The Balaban J connectivity index is 1.74. The largest absolute Gasteiger partial charge is 0.496 e. The van der Waals surface area contributed by atoms with E-state index < -0.39 is 11.9 Å². The fraction of sp³-hybridized carbons (Fsp3) is 0.321. The van der Waals surface area contributed by atoms with Crippen molar-refractivity contribution >= 4 is 57.6 Å². The molecule has 208 valence electrons. The third-order valence-corrected chi connectivity index (χ3v) is 7.13. The molecule has 0 aliphatic carbocycles. The number of thiazole rings is 1. The van der Waals surface area contributed by atoms with Crippen LogP contribution in [0, 0.1) is 0 Å². The van der Waals surface area contributed by atoms with E-state index in [2.05, 4.69) is 17.2 Å². The number of methoxy groups -OCH3 is 2. The highest BCUT2D eigenvalue weighted by molar-refractivity contribution is 7.14. The smallest absolute Gasteiger partial charge is 0.371 e. The Morgan fingerprint density at radius 2 is 1.87 bits per heavy atom. The van der Waals surface area contributed by atoms with Crippen molar-refractivity contribution in [2.75, 3.05) is 26.1 Å². The van der Waals surface area contributed by atoms with Gasteiger partial charge in [0.1, 0.15) is 5.75 Å². The molecule has 8 nitrogen and oxygen atoms in total. The second-order valence-corrected chi connectivity index (χ2v) is 10.1. The summed E-state index contributed by atoms with van der Waals surface area (Å²) in [4.78, 5) is 28.7. The third-order valence-electron chi connectivity index (χ3n) is 5.75. The number of carbonyl (C=O) groups excluding carboxylic acids is 1. The third kappa shape index (κ3) is 8.19. The number of para-hydroxylation sites is 1. The maximum atomic E-state index is 12.9. The number of ether oxygens (including phenoxy) is 3. The highest BCUT2D eigenvalue weighted by Gasteiger charge is 2.18. The summed E-state index contributed by atoms with van der Waals surface area (Å²) >= 11 is 13.8. The van der Waals surface area contributed by atoms with E-state index >= 15 is 0 Å². The lowest BCUT2D eigenvalue weighted by molar-refractivity contribution is -0.135. The second-order valence-electron chi connectivity index (χ2n) is 8.47. The Hall–Kier alpha value is -3.11. The molecule has 0 spiro atoms. The maximum absolute atomic E-state index is 12.9. The topological polar surface area (TPSA) is 107 Å². The van der Waals surface area contributed by atoms with E-state index in [0.717, 1.165) is 24.0 Å². The molecule has 2 aromatic carbocycles. The summed E-state index contributed by atoms with van der Waals surface area (Å²) < 4.78 is 16.4. The van der Waals surface area contributed by atoms with Gasteiger partial charge in [0.15, 0.2) is 5.13 Å². The van der Waals surface area contributed by atoms with E-state index in [9.17, 15) is 9.59 Å². The molecule has 0 unspecified atom stereocenters. The molecule has 3 rings (SSSR count). The van der Waals surface area contributed by atoms with E-state index in [4.69, 9.17) is 42.5 Å². The summed E-state index contributed by atoms with van der Waals surface area (Å²) in [5.41, 5.74) is 2.76. The van der Waals surface area contributed by atoms with Crippen LogP contribution in [0.4, 0.5) is 5.13 Å². The molecule has 0 aliphatic rings. The molecule has 11 heteroatoms. The van der Waals surface area contributed by atoms with E-state index in [-0.39, 0.29) is 26.9 Å². The van der Waals surface area contributed by atoms with Crippen LogP contribution >= 0.6 is 34.5 Å². The number of benzene rings is 2. The molecular formula is C28H30Cl2N2O6S. The van der Waals surface area contributed by atoms with E-state index in [0.29, 0.717) is 29.8 Å². The maximum Gasteiger partial charge on any atom is 0.371 e. The number of rotatable bonds is 14. The number of halogens is 2. The van der Waals surface area contributed by atoms with Crippen molar-refractivity contribution in [2.45, 2.75) is 39.2 Å². The van der Waals surface area contributed by atoms with Gasteiger partial charge < -0.3 is 19.3 Å². The summed E-state index contributed by atoms with van der Waals surface area (Å²) in [7, 11) is 2.83. The molecule has 0 radical (unpaired) electrons. The van der Waals surface area contributed by atoms with Gasteiger partial charge in [-0.1, -0.05) is 61.5 Å². The SMILES string of the molecule is CCCCCCOCc1cccc(-c2csc(NC(=O)c3cc(Cl)c(C=C(OC)C(=O)O)c(Cl)c3)n2)c1OC. The van der Waals surface area contributed by atoms with E-state index in [1.807, 2.05) is 23.6 Å². The number of aliphatic carboxylic acids is 1. The Labute approximate surface area is 241 Å². The van der Waals surface area contributed by atoms with Crippen LogP contribution in [0.3, 0.4) is 0 Å². The summed E-state index contributed by atoms with van der Waals surface area (Å²) in [6.07, 6.45) is 5.76. The van der Waals surface area contributed by atoms with Crippen LogP contribution in [0.2, 0.25) is 10.0 Å². The number of amides is 1. The number of nitrogens with one attached hydrogen (secondary N) is 1. The molecule has 3 aromatic rings. The van der Waals surface area contributed by atoms with Gasteiger partial charge in [-0.2, -0.15) is 0 Å². The number of carboxylic acid groups (broad SMARTS) is 1. The minimum atomic E-state index is -1.27. The number of aromatic nitrogens is 1. The predicted octanol–water partition coefficient (Wildman–Crippen LogP) is 7.55. The van der Waals surface area contributed by atoms with Gasteiger partial charge in [0.05, 0.1) is 36.6 Å². The monoisotopic (exact) mass is 592 g/mol. The molecule has 1 amide bonds. The first-order chi connectivity index (χ1) is 18.8. The van der Waals surface area contributed by atoms with Crippen LogP contribution in [-0.4, -0.2) is 42.8 Å². The molecule has 39 heavy (non-hydrogen) atoms. The molecule has 0 bridgehead atoms. The van der Waals surface area contributed by atoms with Crippen LogP contribution in [0.1, 0.15) is 54.1 Å². The molecule has 1 heterocycles. The Morgan fingerprint density at radius 3 is 2.51 bits per heavy atom. The van der Waals surface area contributed by atoms with Gasteiger partial charge >= 0.3 is 5.97 Å². The highest BCUT2D eigenvalue weighted by Crippen LogP contribution is 2.36. The number of nitrogens with zero attached hydrogens (tertiary/aromatic N) is 1. The first kappa shape index (κ1) is 30.4. The van der Waals surface area contributed by atoms with E-state index in [1.54, 1.807) is 7.11 Å². The molecule has 0 saturated heterocycles. The van der Waals surface area contributed by atoms with Crippen molar-refractivity contribution in [1.82, 2.24) is 4.98 Å². The second kappa shape index (κ2) is 14.9. The molecule has 0 fully saturated rings. The quantitative estimate of drug-likeness (QED) is 0.113. The van der Waals surface area contributed by atoms with Crippen molar-refractivity contribution in [3.63, 3.8) is 0 Å². The van der Waals surface area contributed by atoms with Gasteiger partial charge in [0.2, 0.25) is 5.76 Å². The van der Waals surface area contributed by atoms with Crippen molar-refractivity contribution in [1.29, 1.82) is 0 Å². The van der Waals surface area contributed by atoms with Gasteiger partial charge in [-0.15, -0.1) is 11.3 Å². The lowest BCUT2D eigenvalue weighted by Crippen LogP contribution is -2.12. The molecule has 0 atom stereocenters. The Morgan fingerprint density at radius 1 is 1.13 bits per heavy atom. The summed E-state index contributed by atoms with van der Waals surface area (Å²) in [6, 6.07) is 8.58. The molecule has 0 saturated carbocycles. The predicted molar refractivity (Wildman–Crippen MR) is 155 cm³/mol. The van der Waals surface area contributed by atoms with E-state index in [1.165, 1.54) is 49.5 Å². The minimum Gasteiger partial charge on any atom is -0.496 e. The standard InChI is InChI=1S/C28H30Cl2N2O6S/c1-4-5-6-7-11-38-15-17-9-8-10-19(25(17)37-3)23-16-39-28(31-23)32-26(33)18-12-21(29)20(22(30)13-18)14-24(36-2)27(34)35/h8-10,12-14,16H,4-7,11,15H2,1-3H3,(H,34,35)(H,31,32,33). The summed E-state index contributed by atoms with van der Waals surface area (Å²) in [5.74, 6) is -1.42. The Kier molecular flexibility index (Phi) is 11.6. The van der Waals surface area contributed by atoms with Crippen molar-refractivity contribution in [3.8, 4) is 17.0 Å². The Bertz CT molecular complexity index is 1320. The number of carboxylic acids is 1. The molecule has 1 aromatic heterocycles. The van der Waals surface area contributed by atoms with Crippen LogP contribution in [-0.2, 0) is 20.9 Å². The lowest BCUT2D eigenvalue weighted by atomic mass is 10.1. The first-order valence-corrected chi connectivity index (χ1v) is 13.9. The first-order valence-electron chi connectivity index (χ1n) is 12.3. The number of carbonyl (C=O) groups is 2. The van der Waals surface area contributed by atoms with Crippen molar-refractivity contribution in [3.05, 3.63) is 68.2 Å². The van der Waals surface area contributed by atoms with Gasteiger partial charge in [0, 0.05) is 34.2 Å². The minimum absolute atomic E-state index is 0.0948. The number of hydrogen-bond donors (Lipinski definition) is 2. The molecular weight excluding hydrogens is 563 g/mol. The average molecular weight is 594 g/mol. The van der Waals surface area contributed by atoms with Crippen molar-refractivity contribution in [2.24, 2.45) is 0 Å². The van der Waals surface area contributed by atoms with Gasteiger partial charge in [0.25, 0.3) is 5.91 Å². The zero-order chi connectivity index (χ0) is 28.4. The van der Waals surface area contributed by atoms with Crippen LogP contribution in [0.25, 0.3) is 17.3 Å². The lowest BCUT2D eigenvalue weighted by Gasteiger charge is -2.13. The highest BCUT2D eigenvalue weighted by atomic mass is 35.5. The van der Waals surface area contributed by atoms with Gasteiger partial charge in [-0.3, -0.25) is 10.1 Å². The number of hydrogen-bond acceptors (Lipinski definition) is 7. The van der Waals surface area contributed by atoms with Crippen molar-refractivity contribution < 1.29 is 28.9 Å². The van der Waals surface area contributed by atoms with Gasteiger partial charge in [-0.25, -0.2) is 9.78 Å². The molecule has 2 N–H and O–H groups in total. The zero-order valence-corrected chi connectivity index (χ0v) is 24.2. The average Bonchev–Trinajstić information content (AvgIpc) is 3.38. The van der Waals surface area contributed by atoms with Gasteiger partial charge in [-0.05, 0) is 30.7 Å².